The van der Waals surface area contributed by atoms with Gasteiger partial charge in [0.2, 0.25) is 0 Å². The molecule has 1 aliphatic heterocycles. The third kappa shape index (κ3) is 65.9. The Morgan fingerprint density at radius 3 is 0.772 bits per heavy atom. The first kappa shape index (κ1) is 61.9. The summed E-state index contributed by atoms with van der Waals surface area (Å²) in [6.45, 7) is 16.9. The van der Waals surface area contributed by atoms with Crippen LogP contribution in [0.25, 0.3) is 0 Å². The molecule has 0 aliphatic carbocycles. The summed E-state index contributed by atoms with van der Waals surface area (Å²) in [5, 5.41) is 7.32. The van der Waals surface area contributed by atoms with Crippen molar-refractivity contribution in [2.24, 2.45) is 0 Å². The SMILES string of the molecule is CCCCCCCCCCCCCCCCN1CCCNCCNCCCN(CCCCCCCCCCCCCCCC)CC1.[Ni+2].[O-][Cl+3]([O-])([O-])[O-].[O-][Cl+3]([O-])([O-])[O-]. The molecule has 1 rings (SSSR count). The molecule has 1 fully saturated rings. The van der Waals surface area contributed by atoms with Gasteiger partial charge in [0.1, 0.15) is 0 Å². The maximum atomic E-state index is 8.49. The Hall–Kier alpha value is 0.594. The van der Waals surface area contributed by atoms with Gasteiger partial charge in [-0.15, -0.1) is 20.5 Å². The smallest absolute Gasteiger partial charge is 0.315 e. The number of nitrogens with one attached hydrogen (secondary N) is 2. The molecular formula is C42H88Cl2N4NiO8. The maximum absolute atomic E-state index is 8.49. The van der Waals surface area contributed by atoms with Crippen molar-refractivity contribution in [1.29, 1.82) is 0 Å². The van der Waals surface area contributed by atoms with Crippen LogP contribution in [0.3, 0.4) is 0 Å². The van der Waals surface area contributed by atoms with E-state index in [4.69, 9.17) is 37.3 Å². The first-order chi connectivity index (χ1) is 26.9. The maximum Gasteiger partial charge on any atom is 2.00 e. The first-order valence-corrected chi connectivity index (χ1v) is 25.4. The predicted molar refractivity (Wildman–Crippen MR) is 208 cm³/mol. The molecule has 0 saturated carbocycles. The standard InChI is InChI=1S/C42H88N4.2ClHO4.Ni/c1-3-5-7-9-11-13-15-17-19-21-23-25-27-29-37-45-39-31-33-43-35-36-44-34-32-40-46(42-41-45)38-30-28-26-24-22-20-18-16-14-12-10-8-6-4-2;2*2-1(3,4)5;/h43-44H,3-42H2,1-2H3;2*(H,2,3,4,5);/q;;;+2/p-2. The third-order valence-electron chi connectivity index (χ3n) is 10.5. The van der Waals surface area contributed by atoms with Crippen LogP contribution in [0.15, 0.2) is 0 Å². The second-order valence-corrected chi connectivity index (χ2v) is 17.4. The summed E-state index contributed by atoms with van der Waals surface area (Å²) in [5.41, 5.74) is 0. The number of unbranched alkanes of at least 4 members (excludes halogenated alkanes) is 26. The number of halogens is 2. The van der Waals surface area contributed by atoms with Crippen LogP contribution in [0.2, 0.25) is 0 Å². The fourth-order valence-electron chi connectivity index (χ4n) is 7.30. The minimum atomic E-state index is -4.94. The summed E-state index contributed by atoms with van der Waals surface area (Å²) in [6.07, 6.45) is 43.2. The van der Waals surface area contributed by atoms with E-state index in [0.29, 0.717) is 0 Å². The normalized spacial score (nSPS) is 15.5. The van der Waals surface area contributed by atoms with Crippen molar-refractivity contribution in [2.75, 3.05) is 65.4 Å². The molecular weight excluding hydrogens is 818 g/mol. The van der Waals surface area contributed by atoms with Crippen LogP contribution in [-0.4, -0.2) is 75.2 Å². The molecule has 2 N–H and O–H groups in total. The zero-order valence-corrected chi connectivity index (χ0v) is 39.0. The molecule has 0 aromatic heterocycles. The molecule has 0 unspecified atom stereocenters. The Balaban J connectivity index is -0.00000234. The third-order valence-corrected chi connectivity index (χ3v) is 10.5. The van der Waals surface area contributed by atoms with E-state index >= 15 is 0 Å². The molecule has 0 spiro atoms. The van der Waals surface area contributed by atoms with E-state index in [-0.39, 0.29) is 16.5 Å². The summed E-state index contributed by atoms with van der Waals surface area (Å²) in [7, 11) is -9.89. The number of hydrogen-bond donors (Lipinski definition) is 2. The Labute approximate surface area is 365 Å². The molecule has 0 atom stereocenters. The summed E-state index contributed by atoms with van der Waals surface area (Å²) >= 11 is 0. The average molecular weight is 907 g/mol. The van der Waals surface area contributed by atoms with E-state index in [9.17, 15) is 0 Å². The molecule has 0 radical (unpaired) electrons. The van der Waals surface area contributed by atoms with Gasteiger partial charge in [0.15, 0.2) is 0 Å². The zero-order chi connectivity index (χ0) is 41.9. The molecule has 12 nitrogen and oxygen atoms in total. The van der Waals surface area contributed by atoms with Crippen molar-refractivity contribution >= 4 is 0 Å². The Kier molecular flexibility index (Phi) is 51.7. The van der Waals surface area contributed by atoms with Crippen LogP contribution >= 0.6 is 0 Å². The molecule has 0 aromatic rings. The molecule has 0 amide bonds. The quantitative estimate of drug-likeness (QED) is 0.0783. The average Bonchev–Trinajstić information content (AvgIpc) is 3.12. The number of nitrogens with zero attached hydrogens (tertiary/aromatic N) is 2. The Morgan fingerprint density at radius 1 is 0.333 bits per heavy atom. The predicted octanol–water partition coefficient (Wildman–Crippen LogP) is 2.01. The van der Waals surface area contributed by atoms with Crippen molar-refractivity contribution in [1.82, 2.24) is 20.4 Å². The Bertz CT molecular complexity index is 690. The molecule has 1 saturated heterocycles. The van der Waals surface area contributed by atoms with Gasteiger partial charge in [0.05, 0.1) is 0 Å². The van der Waals surface area contributed by atoms with Gasteiger partial charge in [0, 0.05) is 26.2 Å². The molecule has 1 aliphatic rings. The summed E-state index contributed by atoms with van der Waals surface area (Å²) in [5.74, 6) is 0. The van der Waals surface area contributed by atoms with Crippen molar-refractivity contribution < 1.29 is 74.2 Å². The summed E-state index contributed by atoms with van der Waals surface area (Å²) in [6, 6.07) is 0. The van der Waals surface area contributed by atoms with Crippen LogP contribution < -0.4 is 47.9 Å². The topological polar surface area (TPSA) is 215 Å². The van der Waals surface area contributed by atoms with Crippen LogP contribution in [0.1, 0.15) is 206 Å². The molecule has 348 valence electrons. The number of hydrogen-bond acceptors (Lipinski definition) is 12. The van der Waals surface area contributed by atoms with Crippen LogP contribution in [0, 0.1) is 20.5 Å². The molecule has 57 heavy (non-hydrogen) atoms. The second-order valence-electron chi connectivity index (χ2n) is 15.8. The van der Waals surface area contributed by atoms with Gasteiger partial charge in [0.25, 0.3) is 0 Å². The van der Waals surface area contributed by atoms with E-state index in [2.05, 4.69) is 34.3 Å². The van der Waals surface area contributed by atoms with Gasteiger partial charge in [-0.1, -0.05) is 181 Å². The Morgan fingerprint density at radius 2 is 0.544 bits per heavy atom. The van der Waals surface area contributed by atoms with Gasteiger partial charge in [-0.2, -0.15) is 0 Å². The van der Waals surface area contributed by atoms with Gasteiger partial charge in [-0.05, 0) is 65.0 Å². The van der Waals surface area contributed by atoms with E-state index in [1.165, 1.54) is 245 Å². The van der Waals surface area contributed by atoms with Crippen molar-refractivity contribution in [3.8, 4) is 0 Å². The minimum absolute atomic E-state index is 0. The van der Waals surface area contributed by atoms with Crippen molar-refractivity contribution in [2.45, 2.75) is 206 Å². The van der Waals surface area contributed by atoms with E-state index in [0.717, 1.165) is 13.1 Å². The van der Waals surface area contributed by atoms with Crippen molar-refractivity contribution in [3.05, 3.63) is 0 Å². The molecule has 15 heteroatoms. The first-order valence-electron chi connectivity index (χ1n) is 23.0. The van der Waals surface area contributed by atoms with Crippen LogP contribution in [0.4, 0.5) is 0 Å². The van der Waals surface area contributed by atoms with Gasteiger partial charge < -0.3 is 20.4 Å². The van der Waals surface area contributed by atoms with E-state index < -0.39 is 20.5 Å². The summed E-state index contributed by atoms with van der Waals surface area (Å²) in [4.78, 5) is 5.62. The number of rotatable bonds is 30. The summed E-state index contributed by atoms with van der Waals surface area (Å²) < 4.78 is 67.9. The van der Waals surface area contributed by atoms with Gasteiger partial charge in [-0.3, -0.25) is 0 Å². The fraction of sp³-hybridized carbons (Fsp3) is 1.00. The van der Waals surface area contributed by atoms with Gasteiger partial charge >= 0.3 is 16.5 Å². The largest absolute Gasteiger partial charge is 2.00 e. The molecule has 0 aromatic carbocycles. The van der Waals surface area contributed by atoms with Crippen molar-refractivity contribution in [3.63, 3.8) is 0 Å². The molecule has 1 heterocycles. The van der Waals surface area contributed by atoms with Crippen LogP contribution in [-0.2, 0) is 16.5 Å². The monoisotopic (exact) mass is 905 g/mol. The molecule has 0 bridgehead atoms. The van der Waals surface area contributed by atoms with E-state index in [1.807, 2.05) is 0 Å². The second kappa shape index (κ2) is 47.6. The van der Waals surface area contributed by atoms with E-state index in [1.54, 1.807) is 0 Å². The van der Waals surface area contributed by atoms with Gasteiger partial charge in [-0.25, -0.2) is 37.3 Å². The van der Waals surface area contributed by atoms with Crippen LogP contribution in [0.5, 0.6) is 0 Å². The fourth-order valence-corrected chi connectivity index (χ4v) is 7.30. The zero-order valence-electron chi connectivity index (χ0n) is 36.5. The minimum Gasteiger partial charge on any atom is -0.315 e.